The first-order valence-corrected chi connectivity index (χ1v) is 7.69. The SMILES string of the molecule is CCNCC1CCN(Cc2cccc(C)c2C)CC1.Cl. The van der Waals surface area contributed by atoms with Gasteiger partial charge >= 0.3 is 0 Å². The van der Waals surface area contributed by atoms with Crippen LogP contribution in [-0.2, 0) is 6.54 Å². The molecular weight excluding hydrogens is 268 g/mol. The van der Waals surface area contributed by atoms with Gasteiger partial charge < -0.3 is 5.32 Å². The lowest BCUT2D eigenvalue weighted by Gasteiger charge is -2.32. The van der Waals surface area contributed by atoms with Gasteiger partial charge in [-0.05, 0) is 75.5 Å². The second-order valence-electron chi connectivity index (χ2n) is 5.89. The van der Waals surface area contributed by atoms with Crippen LogP contribution >= 0.6 is 12.4 Å². The van der Waals surface area contributed by atoms with Crippen molar-refractivity contribution in [1.82, 2.24) is 10.2 Å². The first-order valence-electron chi connectivity index (χ1n) is 7.69. The quantitative estimate of drug-likeness (QED) is 0.894. The molecule has 0 atom stereocenters. The summed E-state index contributed by atoms with van der Waals surface area (Å²) in [6, 6.07) is 6.68. The lowest BCUT2D eigenvalue weighted by molar-refractivity contribution is 0.175. The van der Waals surface area contributed by atoms with E-state index in [0.29, 0.717) is 0 Å². The van der Waals surface area contributed by atoms with Gasteiger partial charge in [0.25, 0.3) is 0 Å². The third-order valence-electron chi connectivity index (χ3n) is 4.50. The number of aryl methyl sites for hydroxylation is 1. The van der Waals surface area contributed by atoms with E-state index in [4.69, 9.17) is 0 Å². The summed E-state index contributed by atoms with van der Waals surface area (Å²) in [5.41, 5.74) is 4.39. The molecule has 2 nitrogen and oxygen atoms in total. The van der Waals surface area contributed by atoms with Crippen LogP contribution in [0.15, 0.2) is 18.2 Å². The Morgan fingerprint density at radius 2 is 1.90 bits per heavy atom. The second-order valence-corrected chi connectivity index (χ2v) is 5.89. The summed E-state index contributed by atoms with van der Waals surface area (Å²) in [7, 11) is 0. The Bertz CT molecular complexity index is 398. The molecule has 3 heteroatoms. The van der Waals surface area contributed by atoms with Crippen LogP contribution in [-0.4, -0.2) is 31.1 Å². The maximum absolute atomic E-state index is 3.48. The first-order chi connectivity index (χ1) is 9.20. The molecule has 1 heterocycles. The summed E-state index contributed by atoms with van der Waals surface area (Å²) in [5, 5.41) is 3.48. The van der Waals surface area contributed by atoms with Crippen LogP contribution in [0, 0.1) is 19.8 Å². The van der Waals surface area contributed by atoms with Gasteiger partial charge in [0.1, 0.15) is 0 Å². The summed E-state index contributed by atoms with van der Waals surface area (Å²) in [5.74, 6) is 0.884. The van der Waals surface area contributed by atoms with Crippen LogP contribution in [0.2, 0.25) is 0 Å². The van der Waals surface area contributed by atoms with Crippen LogP contribution in [0.5, 0.6) is 0 Å². The smallest absolute Gasteiger partial charge is 0.0236 e. The highest BCUT2D eigenvalue weighted by molar-refractivity contribution is 5.85. The van der Waals surface area contributed by atoms with Gasteiger partial charge in [0.15, 0.2) is 0 Å². The molecular formula is C17H29ClN2. The molecule has 2 rings (SSSR count). The molecule has 0 aromatic heterocycles. The number of halogens is 1. The van der Waals surface area contributed by atoms with Gasteiger partial charge in [-0.3, -0.25) is 4.90 Å². The fourth-order valence-electron chi connectivity index (χ4n) is 2.92. The minimum absolute atomic E-state index is 0. The lowest BCUT2D eigenvalue weighted by Crippen LogP contribution is -2.37. The van der Waals surface area contributed by atoms with E-state index in [2.05, 4.69) is 49.2 Å². The van der Waals surface area contributed by atoms with Gasteiger partial charge in [-0.25, -0.2) is 0 Å². The van der Waals surface area contributed by atoms with Crippen molar-refractivity contribution in [2.24, 2.45) is 5.92 Å². The van der Waals surface area contributed by atoms with Crippen molar-refractivity contribution in [2.45, 2.75) is 40.2 Å². The fourth-order valence-corrected chi connectivity index (χ4v) is 2.92. The van der Waals surface area contributed by atoms with E-state index in [1.165, 1.54) is 49.2 Å². The molecule has 1 N–H and O–H groups in total. The van der Waals surface area contributed by atoms with E-state index in [0.717, 1.165) is 19.0 Å². The average Bonchev–Trinajstić information content (AvgIpc) is 2.43. The molecule has 1 aliphatic rings. The Morgan fingerprint density at radius 3 is 2.55 bits per heavy atom. The largest absolute Gasteiger partial charge is 0.317 e. The zero-order valence-corrected chi connectivity index (χ0v) is 13.9. The molecule has 1 fully saturated rings. The summed E-state index contributed by atoms with van der Waals surface area (Å²) in [6.07, 6.45) is 2.69. The second kappa shape index (κ2) is 8.66. The Hall–Kier alpha value is -0.570. The zero-order valence-electron chi connectivity index (χ0n) is 13.1. The molecule has 0 aliphatic carbocycles. The highest BCUT2D eigenvalue weighted by atomic mass is 35.5. The Labute approximate surface area is 130 Å². The highest BCUT2D eigenvalue weighted by Crippen LogP contribution is 2.20. The van der Waals surface area contributed by atoms with Gasteiger partial charge in [0.05, 0.1) is 0 Å². The van der Waals surface area contributed by atoms with Gasteiger partial charge in [-0.15, -0.1) is 12.4 Å². The monoisotopic (exact) mass is 296 g/mol. The molecule has 0 spiro atoms. The van der Waals surface area contributed by atoms with Crippen LogP contribution in [0.3, 0.4) is 0 Å². The summed E-state index contributed by atoms with van der Waals surface area (Å²) in [4.78, 5) is 2.62. The standard InChI is InChI=1S/C17H28N2.ClH/c1-4-18-12-16-8-10-19(11-9-16)13-17-7-5-6-14(2)15(17)3;/h5-7,16,18H,4,8-13H2,1-3H3;1H. The van der Waals surface area contributed by atoms with E-state index < -0.39 is 0 Å². The summed E-state index contributed by atoms with van der Waals surface area (Å²) >= 11 is 0. The van der Waals surface area contributed by atoms with E-state index >= 15 is 0 Å². The zero-order chi connectivity index (χ0) is 13.7. The number of benzene rings is 1. The molecule has 1 aliphatic heterocycles. The molecule has 0 bridgehead atoms. The Balaban J connectivity index is 0.00000200. The molecule has 0 unspecified atom stereocenters. The molecule has 20 heavy (non-hydrogen) atoms. The summed E-state index contributed by atoms with van der Waals surface area (Å²) < 4.78 is 0. The third-order valence-corrected chi connectivity index (χ3v) is 4.50. The van der Waals surface area contributed by atoms with Crippen molar-refractivity contribution in [3.05, 3.63) is 34.9 Å². The third kappa shape index (κ3) is 4.76. The lowest BCUT2D eigenvalue weighted by atomic mass is 9.95. The molecule has 114 valence electrons. The maximum atomic E-state index is 3.48. The van der Waals surface area contributed by atoms with Crippen LogP contribution in [0.1, 0.15) is 36.5 Å². The van der Waals surface area contributed by atoms with Gasteiger partial charge in [0.2, 0.25) is 0 Å². The molecule has 1 aromatic carbocycles. The summed E-state index contributed by atoms with van der Waals surface area (Å²) in [6.45, 7) is 12.6. The topological polar surface area (TPSA) is 15.3 Å². The van der Waals surface area contributed by atoms with Crippen molar-refractivity contribution in [3.8, 4) is 0 Å². The molecule has 0 radical (unpaired) electrons. The fraction of sp³-hybridized carbons (Fsp3) is 0.647. The number of hydrogen-bond acceptors (Lipinski definition) is 2. The van der Waals surface area contributed by atoms with Gasteiger partial charge in [-0.2, -0.15) is 0 Å². The maximum Gasteiger partial charge on any atom is 0.0236 e. The highest BCUT2D eigenvalue weighted by Gasteiger charge is 2.19. The predicted molar refractivity (Wildman–Crippen MR) is 89.7 cm³/mol. The Kier molecular flexibility index (Phi) is 7.57. The number of nitrogens with zero attached hydrogens (tertiary/aromatic N) is 1. The molecule has 0 saturated carbocycles. The van der Waals surface area contributed by atoms with Crippen LogP contribution < -0.4 is 5.32 Å². The van der Waals surface area contributed by atoms with Crippen molar-refractivity contribution in [1.29, 1.82) is 0 Å². The van der Waals surface area contributed by atoms with E-state index in [9.17, 15) is 0 Å². The van der Waals surface area contributed by atoms with Crippen molar-refractivity contribution in [3.63, 3.8) is 0 Å². The van der Waals surface area contributed by atoms with Crippen LogP contribution in [0.4, 0.5) is 0 Å². The van der Waals surface area contributed by atoms with Crippen molar-refractivity contribution in [2.75, 3.05) is 26.2 Å². The number of likely N-dealkylation sites (tertiary alicyclic amines) is 1. The minimum Gasteiger partial charge on any atom is -0.317 e. The van der Waals surface area contributed by atoms with E-state index in [1.54, 1.807) is 0 Å². The molecule has 0 amide bonds. The average molecular weight is 297 g/mol. The van der Waals surface area contributed by atoms with Crippen LogP contribution in [0.25, 0.3) is 0 Å². The number of rotatable bonds is 5. The molecule has 1 aromatic rings. The van der Waals surface area contributed by atoms with Crippen molar-refractivity contribution < 1.29 is 0 Å². The normalized spacial score (nSPS) is 16.9. The van der Waals surface area contributed by atoms with Gasteiger partial charge in [-0.1, -0.05) is 25.1 Å². The number of nitrogens with one attached hydrogen (secondary N) is 1. The number of hydrogen-bond donors (Lipinski definition) is 1. The van der Waals surface area contributed by atoms with E-state index in [-0.39, 0.29) is 12.4 Å². The predicted octanol–water partition coefficient (Wildman–Crippen LogP) is 3.55. The van der Waals surface area contributed by atoms with Crippen molar-refractivity contribution >= 4 is 12.4 Å². The van der Waals surface area contributed by atoms with E-state index in [1.807, 2.05) is 0 Å². The first kappa shape index (κ1) is 17.5. The minimum atomic E-state index is 0. The van der Waals surface area contributed by atoms with Gasteiger partial charge in [0, 0.05) is 6.54 Å². The number of piperidine rings is 1. The molecule has 1 saturated heterocycles. The Morgan fingerprint density at radius 1 is 1.20 bits per heavy atom.